The number of β-amino-alcohol motifs (C(OH)–C–C–N with tert-alkyl or cyclic N) is 1. The third kappa shape index (κ3) is 9.09. The van der Waals surface area contributed by atoms with Gasteiger partial charge in [0.2, 0.25) is 0 Å². The number of aliphatic hydroxyl groups is 1. The van der Waals surface area contributed by atoms with E-state index >= 15 is 0 Å². The summed E-state index contributed by atoms with van der Waals surface area (Å²) in [5.74, 6) is 2.00. The molecule has 2 aromatic carbocycles. The van der Waals surface area contributed by atoms with E-state index in [1.165, 1.54) is 0 Å². The molecule has 1 aliphatic rings. The Morgan fingerprint density at radius 2 is 1.93 bits per heavy atom. The van der Waals surface area contributed by atoms with Crippen LogP contribution in [0.15, 0.2) is 42.6 Å². The van der Waals surface area contributed by atoms with Gasteiger partial charge in [0.15, 0.2) is 11.5 Å². The van der Waals surface area contributed by atoms with E-state index in [0.717, 1.165) is 19.5 Å². The van der Waals surface area contributed by atoms with Crippen molar-refractivity contribution in [1.82, 2.24) is 15.2 Å². The molecule has 1 fully saturated rings. The molecule has 2 amide bonds. The fourth-order valence-corrected chi connectivity index (χ4v) is 4.53. The Hall–Kier alpha value is -3.31. The van der Waals surface area contributed by atoms with Gasteiger partial charge in [0, 0.05) is 49.9 Å². The van der Waals surface area contributed by atoms with Crippen LogP contribution < -0.4 is 24.8 Å². The molecule has 0 bridgehead atoms. The molecule has 41 heavy (non-hydrogen) atoms. The first-order chi connectivity index (χ1) is 19.6. The lowest BCUT2D eigenvalue weighted by atomic mass is 9.92. The van der Waals surface area contributed by atoms with Crippen LogP contribution in [0.5, 0.6) is 23.0 Å². The maximum atomic E-state index is 12.3. The molecule has 1 aromatic heterocycles. The molecule has 11 heteroatoms. The number of aliphatic hydroxyl groups excluding tert-OH is 1. The van der Waals surface area contributed by atoms with Gasteiger partial charge in [0.05, 0.1) is 36.6 Å². The second-order valence-corrected chi connectivity index (χ2v) is 11.5. The first kappa shape index (κ1) is 30.6. The average molecular weight is 587 g/mol. The highest BCUT2D eigenvalue weighted by molar-refractivity contribution is 6.33. The summed E-state index contributed by atoms with van der Waals surface area (Å²) in [4.78, 5) is 18.9. The van der Waals surface area contributed by atoms with Crippen LogP contribution >= 0.6 is 11.6 Å². The van der Waals surface area contributed by atoms with E-state index in [1.807, 2.05) is 0 Å². The van der Waals surface area contributed by atoms with Crippen LogP contribution in [0.2, 0.25) is 5.02 Å². The number of nitrogens with zero attached hydrogens (tertiary/aromatic N) is 2. The highest BCUT2D eigenvalue weighted by Gasteiger charge is 2.18. The lowest BCUT2D eigenvalue weighted by molar-refractivity contribution is 0.00446. The zero-order valence-electron chi connectivity index (χ0n) is 24.0. The Morgan fingerprint density at radius 1 is 1.15 bits per heavy atom. The van der Waals surface area contributed by atoms with Crippen LogP contribution in [0, 0.1) is 5.41 Å². The fourth-order valence-electron chi connectivity index (χ4n) is 4.32. The van der Waals surface area contributed by atoms with Gasteiger partial charge in [-0.1, -0.05) is 32.4 Å². The first-order valence-corrected chi connectivity index (χ1v) is 14.1. The van der Waals surface area contributed by atoms with Gasteiger partial charge in [0.25, 0.3) is 0 Å². The number of ether oxygens (including phenoxy) is 4. The lowest BCUT2D eigenvalue weighted by Gasteiger charge is -2.28. The van der Waals surface area contributed by atoms with E-state index in [1.54, 1.807) is 49.7 Å². The smallest absolute Gasteiger partial charge is 0.319 e. The zero-order chi connectivity index (χ0) is 29.4. The van der Waals surface area contributed by atoms with Crippen molar-refractivity contribution < 1.29 is 28.8 Å². The molecular weight excluding hydrogens is 548 g/mol. The Balaban J connectivity index is 1.41. The molecule has 0 aliphatic carbocycles. The predicted molar refractivity (Wildman–Crippen MR) is 160 cm³/mol. The molecule has 0 spiro atoms. The van der Waals surface area contributed by atoms with Crippen molar-refractivity contribution in [2.45, 2.75) is 33.3 Å². The van der Waals surface area contributed by atoms with Gasteiger partial charge >= 0.3 is 6.03 Å². The number of fused-ring (bicyclic) bond motifs is 1. The van der Waals surface area contributed by atoms with Crippen molar-refractivity contribution in [3.05, 3.63) is 47.6 Å². The van der Waals surface area contributed by atoms with Crippen molar-refractivity contribution in [2.24, 2.45) is 5.41 Å². The number of halogens is 1. The van der Waals surface area contributed by atoms with Gasteiger partial charge in [-0.15, -0.1) is 0 Å². The minimum absolute atomic E-state index is 0.114. The molecule has 0 saturated carbocycles. The SMILES string of the molecule is COc1cc2c(Oc3ccc(NC(=O)NCCC(C)(C)C)c(Cl)c3)ccnc2cc1OC[C@@H](O)CN1CCOCC1. The van der Waals surface area contributed by atoms with E-state index in [9.17, 15) is 9.90 Å². The monoisotopic (exact) mass is 586 g/mol. The summed E-state index contributed by atoms with van der Waals surface area (Å²) in [7, 11) is 1.56. The molecule has 1 aliphatic heterocycles. The summed E-state index contributed by atoms with van der Waals surface area (Å²) in [6.45, 7) is 10.5. The normalized spacial score (nSPS) is 14.9. The summed E-state index contributed by atoms with van der Waals surface area (Å²) >= 11 is 6.45. The maximum Gasteiger partial charge on any atom is 0.319 e. The van der Waals surface area contributed by atoms with Gasteiger partial charge in [-0.25, -0.2) is 4.79 Å². The Morgan fingerprint density at radius 3 is 2.63 bits per heavy atom. The summed E-state index contributed by atoms with van der Waals surface area (Å²) in [5.41, 5.74) is 1.24. The number of rotatable bonds is 11. The minimum atomic E-state index is -0.659. The third-order valence-electron chi connectivity index (χ3n) is 6.57. The molecular formula is C30H39ClN4O6. The molecule has 3 aromatic rings. The molecule has 10 nitrogen and oxygen atoms in total. The number of methoxy groups -OCH3 is 1. The molecule has 0 radical (unpaired) electrons. The Kier molecular flexibility index (Phi) is 10.5. The summed E-state index contributed by atoms with van der Waals surface area (Å²) in [5, 5.41) is 17.2. The number of nitrogens with one attached hydrogen (secondary N) is 2. The molecule has 4 rings (SSSR count). The van der Waals surface area contributed by atoms with E-state index in [4.69, 9.17) is 30.5 Å². The molecule has 3 N–H and O–H groups in total. The number of amides is 2. The quantitative estimate of drug-likeness (QED) is 0.277. The number of hydrogen-bond acceptors (Lipinski definition) is 8. The molecule has 1 saturated heterocycles. The number of hydrogen-bond donors (Lipinski definition) is 3. The van der Waals surface area contributed by atoms with Crippen molar-refractivity contribution in [1.29, 1.82) is 0 Å². The van der Waals surface area contributed by atoms with Crippen molar-refractivity contribution in [3.8, 4) is 23.0 Å². The van der Waals surface area contributed by atoms with Gasteiger partial charge < -0.3 is 34.7 Å². The van der Waals surface area contributed by atoms with E-state index in [0.29, 0.717) is 70.9 Å². The standard InChI is InChI=1S/C30H39ClN4O6/c1-30(2,3)8-10-33-29(37)34-24-6-5-21(15-23(24)31)41-26-7-9-32-25-17-28(27(38-4)16-22(25)26)40-19-20(36)18-35-11-13-39-14-12-35/h5-7,9,15-17,20,36H,8,10-14,18-19H2,1-4H3,(H2,33,34,37)/t20-/m0/s1. The lowest BCUT2D eigenvalue weighted by Crippen LogP contribution is -2.42. The summed E-state index contributed by atoms with van der Waals surface area (Å²) in [6.07, 6.45) is 1.84. The van der Waals surface area contributed by atoms with E-state index in [-0.39, 0.29) is 18.1 Å². The topological polar surface area (TPSA) is 114 Å². The first-order valence-electron chi connectivity index (χ1n) is 13.7. The minimum Gasteiger partial charge on any atom is -0.493 e. The van der Waals surface area contributed by atoms with Crippen LogP contribution in [-0.4, -0.2) is 80.2 Å². The largest absolute Gasteiger partial charge is 0.493 e. The van der Waals surface area contributed by atoms with Crippen LogP contribution in [0.25, 0.3) is 10.9 Å². The van der Waals surface area contributed by atoms with Crippen LogP contribution in [-0.2, 0) is 4.74 Å². The number of carbonyl (C=O) groups excluding carboxylic acids is 1. The zero-order valence-corrected chi connectivity index (χ0v) is 24.8. The number of pyridine rings is 1. The second-order valence-electron chi connectivity index (χ2n) is 11.1. The highest BCUT2D eigenvalue weighted by Crippen LogP contribution is 2.38. The van der Waals surface area contributed by atoms with Crippen LogP contribution in [0.1, 0.15) is 27.2 Å². The van der Waals surface area contributed by atoms with Crippen LogP contribution in [0.3, 0.4) is 0 Å². The number of aromatic nitrogens is 1. The number of benzene rings is 2. The molecule has 0 unspecified atom stereocenters. The van der Waals surface area contributed by atoms with Crippen LogP contribution in [0.4, 0.5) is 10.5 Å². The van der Waals surface area contributed by atoms with E-state index in [2.05, 4.69) is 41.3 Å². The maximum absolute atomic E-state index is 12.3. The highest BCUT2D eigenvalue weighted by atomic mass is 35.5. The number of anilines is 1. The van der Waals surface area contributed by atoms with Gasteiger partial charge in [-0.3, -0.25) is 9.88 Å². The van der Waals surface area contributed by atoms with Gasteiger partial charge in [-0.2, -0.15) is 0 Å². The van der Waals surface area contributed by atoms with Crippen molar-refractivity contribution in [3.63, 3.8) is 0 Å². The fraction of sp³-hybridized carbons (Fsp3) is 0.467. The number of urea groups is 1. The van der Waals surface area contributed by atoms with Gasteiger partial charge in [0.1, 0.15) is 24.2 Å². The summed E-state index contributed by atoms with van der Waals surface area (Å²) in [6, 6.07) is 10.1. The Labute approximate surface area is 245 Å². The van der Waals surface area contributed by atoms with Crippen molar-refractivity contribution in [2.75, 3.05) is 58.4 Å². The van der Waals surface area contributed by atoms with Gasteiger partial charge in [-0.05, 0) is 36.1 Å². The average Bonchev–Trinajstić information content (AvgIpc) is 2.93. The predicted octanol–water partition coefficient (Wildman–Crippen LogP) is 5.32. The van der Waals surface area contributed by atoms with Crippen molar-refractivity contribution >= 4 is 34.2 Å². The Bertz CT molecular complexity index is 1330. The molecule has 2 heterocycles. The summed E-state index contributed by atoms with van der Waals surface area (Å²) < 4.78 is 23.0. The molecule has 222 valence electrons. The third-order valence-corrected chi connectivity index (χ3v) is 6.88. The number of morpholine rings is 1. The second kappa shape index (κ2) is 14.0. The number of carbonyl (C=O) groups is 1. The molecule has 1 atom stereocenters. The van der Waals surface area contributed by atoms with E-state index < -0.39 is 6.10 Å².